The Morgan fingerprint density at radius 2 is 2.10 bits per heavy atom. The molecule has 0 spiro atoms. The van der Waals surface area contributed by atoms with Gasteiger partial charge in [-0.1, -0.05) is 12.0 Å². The van der Waals surface area contributed by atoms with E-state index < -0.39 is 17.7 Å². The molecular weight excluding hydrogens is 538 g/mol. The number of hydrogen-bond donors (Lipinski definition) is 3. The Balaban J connectivity index is 1.59. The van der Waals surface area contributed by atoms with Crippen LogP contribution >= 0.6 is 11.8 Å². The number of nitrogens with zero attached hydrogens (tertiary/aromatic N) is 2. The molecule has 0 radical (unpaired) electrons. The number of anilines is 2. The third-order valence-electron chi connectivity index (χ3n) is 6.07. The van der Waals surface area contributed by atoms with Crippen LogP contribution in [0.2, 0.25) is 0 Å². The lowest BCUT2D eigenvalue weighted by Gasteiger charge is -2.33. The van der Waals surface area contributed by atoms with Crippen molar-refractivity contribution in [3.05, 3.63) is 41.9 Å². The van der Waals surface area contributed by atoms with Gasteiger partial charge >= 0.3 is 5.51 Å². The summed E-state index contributed by atoms with van der Waals surface area (Å²) in [6.45, 7) is 0.765. The maximum absolute atomic E-state index is 14.6. The van der Waals surface area contributed by atoms with Gasteiger partial charge in [0.05, 0.1) is 28.5 Å². The lowest BCUT2D eigenvalue weighted by Crippen LogP contribution is -2.46. The zero-order chi connectivity index (χ0) is 28.2. The second-order valence-electron chi connectivity index (χ2n) is 8.79. The van der Waals surface area contributed by atoms with Crippen LogP contribution < -0.4 is 20.7 Å². The molecule has 1 fully saturated rings. The summed E-state index contributed by atoms with van der Waals surface area (Å²) in [7, 11) is 4.96. The summed E-state index contributed by atoms with van der Waals surface area (Å²) < 4.78 is 66.3. The largest absolute Gasteiger partial charge is 0.477 e. The van der Waals surface area contributed by atoms with Crippen molar-refractivity contribution in [1.29, 1.82) is 0 Å². The van der Waals surface area contributed by atoms with Crippen LogP contribution in [0.3, 0.4) is 0 Å². The number of rotatable bonds is 7. The van der Waals surface area contributed by atoms with Gasteiger partial charge in [0.25, 0.3) is 5.91 Å². The Bertz CT molecular complexity index is 1400. The van der Waals surface area contributed by atoms with E-state index in [4.69, 9.17) is 9.15 Å². The fourth-order valence-corrected chi connectivity index (χ4v) is 4.85. The molecule has 1 aliphatic rings. The summed E-state index contributed by atoms with van der Waals surface area (Å²) in [5.74, 6) is 5.08. The second kappa shape index (κ2) is 12.0. The number of nitrogens with one attached hydrogen (secondary N) is 3. The van der Waals surface area contributed by atoms with E-state index >= 15 is 0 Å². The van der Waals surface area contributed by atoms with E-state index in [1.54, 1.807) is 19.2 Å². The molecule has 0 unspecified atom stereocenters. The number of amides is 1. The van der Waals surface area contributed by atoms with Crippen LogP contribution in [0.1, 0.15) is 22.7 Å². The number of para-hydroxylation sites is 1. The molecule has 3 aromatic rings. The maximum Gasteiger partial charge on any atom is 0.446 e. The first-order valence-electron chi connectivity index (χ1n) is 12.0. The summed E-state index contributed by atoms with van der Waals surface area (Å²) in [4.78, 5) is 17.5. The van der Waals surface area contributed by atoms with Crippen molar-refractivity contribution in [3.63, 3.8) is 0 Å². The molecule has 1 aliphatic heterocycles. The van der Waals surface area contributed by atoms with E-state index in [1.165, 1.54) is 25.4 Å². The third kappa shape index (κ3) is 6.88. The van der Waals surface area contributed by atoms with Crippen LogP contribution in [-0.4, -0.2) is 74.4 Å². The Morgan fingerprint density at radius 1 is 1.31 bits per heavy atom. The SMILES string of the molecule is CNC(=O)c1cc(NC)c(OCC#Cc2oc3c(N[C@@H]4CCN(C)C[C@@H]4F)cccc3c2SC(F)(F)F)cn1. The number of benzene rings is 1. The van der Waals surface area contributed by atoms with Crippen LogP contribution in [0, 0.1) is 11.8 Å². The molecule has 39 heavy (non-hydrogen) atoms. The van der Waals surface area contributed by atoms with E-state index in [2.05, 4.69) is 32.8 Å². The lowest BCUT2D eigenvalue weighted by atomic mass is 10.0. The first-order valence-corrected chi connectivity index (χ1v) is 12.8. The minimum atomic E-state index is -4.58. The van der Waals surface area contributed by atoms with Crippen molar-refractivity contribution in [1.82, 2.24) is 15.2 Å². The molecule has 1 saturated heterocycles. The maximum atomic E-state index is 14.6. The minimum absolute atomic E-state index is 0.173. The van der Waals surface area contributed by atoms with Gasteiger partial charge in [0, 0.05) is 32.6 Å². The van der Waals surface area contributed by atoms with E-state index in [-0.39, 0.29) is 58.1 Å². The van der Waals surface area contributed by atoms with E-state index in [0.29, 0.717) is 30.1 Å². The summed E-state index contributed by atoms with van der Waals surface area (Å²) in [5, 5.41) is 8.71. The fraction of sp³-hybridized carbons (Fsp3) is 0.385. The molecule has 3 N–H and O–H groups in total. The number of carbonyl (C=O) groups is 1. The molecule has 1 amide bonds. The Hall–Kier alpha value is -3.63. The fourth-order valence-electron chi connectivity index (χ4n) is 4.16. The number of aromatic nitrogens is 1. The average molecular weight is 566 g/mol. The number of ether oxygens (including phenoxy) is 1. The van der Waals surface area contributed by atoms with Gasteiger partial charge in [0.2, 0.25) is 0 Å². The molecule has 1 aromatic carbocycles. The van der Waals surface area contributed by atoms with Crippen molar-refractivity contribution in [2.24, 2.45) is 0 Å². The van der Waals surface area contributed by atoms with Crippen molar-refractivity contribution in [3.8, 4) is 17.6 Å². The molecule has 8 nitrogen and oxygen atoms in total. The lowest BCUT2D eigenvalue weighted by molar-refractivity contribution is -0.0328. The molecule has 0 saturated carbocycles. The number of alkyl halides is 4. The molecule has 13 heteroatoms. The molecule has 4 rings (SSSR count). The van der Waals surface area contributed by atoms with Crippen molar-refractivity contribution < 1.29 is 31.5 Å². The molecule has 0 aliphatic carbocycles. The number of halogens is 4. The summed E-state index contributed by atoms with van der Waals surface area (Å²) in [6, 6.07) is 5.76. The highest BCUT2D eigenvalue weighted by Crippen LogP contribution is 2.45. The highest BCUT2D eigenvalue weighted by Gasteiger charge is 2.34. The first-order chi connectivity index (χ1) is 18.6. The van der Waals surface area contributed by atoms with Crippen LogP contribution in [0.25, 0.3) is 11.0 Å². The van der Waals surface area contributed by atoms with Crippen LogP contribution in [0.15, 0.2) is 39.8 Å². The quantitative estimate of drug-likeness (QED) is 0.215. The number of hydrogen-bond acceptors (Lipinski definition) is 8. The number of fused-ring (bicyclic) bond motifs is 1. The number of carbonyl (C=O) groups excluding carboxylic acids is 1. The molecule has 2 atom stereocenters. The Labute approximate surface area is 226 Å². The van der Waals surface area contributed by atoms with Gasteiger partial charge in [-0.3, -0.25) is 4.79 Å². The summed E-state index contributed by atoms with van der Waals surface area (Å²) in [5.41, 5.74) is -3.34. The van der Waals surface area contributed by atoms with E-state index in [1.807, 2.05) is 11.9 Å². The molecule has 2 aromatic heterocycles. The molecule has 0 bridgehead atoms. The van der Waals surface area contributed by atoms with Gasteiger partial charge in [0.15, 0.2) is 17.1 Å². The smallest absolute Gasteiger partial charge is 0.446 e. The van der Waals surface area contributed by atoms with Crippen molar-refractivity contribution in [2.45, 2.75) is 29.0 Å². The van der Waals surface area contributed by atoms with Crippen LogP contribution in [0.5, 0.6) is 5.75 Å². The number of likely N-dealkylation sites (tertiary alicyclic amines) is 1. The second-order valence-corrected chi connectivity index (χ2v) is 9.87. The number of furan rings is 1. The Kier molecular flexibility index (Phi) is 8.76. The average Bonchev–Trinajstić information content (AvgIpc) is 3.24. The first kappa shape index (κ1) is 28.4. The van der Waals surface area contributed by atoms with E-state index in [0.717, 1.165) is 0 Å². The van der Waals surface area contributed by atoms with Gasteiger partial charge < -0.3 is 30.0 Å². The van der Waals surface area contributed by atoms with Gasteiger partial charge in [0.1, 0.15) is 18.5 Å². The van der Waals surface area contributed by atoms with E-state index in [9.17, 15) is 22.4 Å². The molecular formula is C26H27F4N5O3S. The standard InChI is InChI=1S/C26H27F4N5O3S/c1-31-19-12-20(25(36)32-2)33-13-22(19)37-11-5-8-21-24(39-26(28,29)30)15-6-4-7-18(23(15)38-21)34-17-9-10-35(3)14-16(17)27/h4,6-7,12-13,16-17,34H,9-11,14H2,1-3H3,(H,31,33)(H,32,36)/t16-,17+/m0/s1. The monoisotopic (exact) mass is 565 g/mol. The van der Waals surface area contributed by atoms with Crippen LogP contribution in [-0.2, 0) is 0 Å². The highest BCUT2D eigenvalue weighted by atomic mass is 32.2. The zero-order valence-corrected chi connectivity index (χ0v) is 22.2. The minimum Gasteiger partial charge on any atom is -0.477 e. The number of pyridine rings is 1. The highest BCUT2D eigenvalue weighted by molar-refractivity contribution is 8.00. The summed E-state index contributed by atoms with van der Waals surface area (Å²) >= 11 is -0.317. The zero-order valence-electron chi connectivity index (χ0n) is 21.4. The topological polar surface area (TPSA) is 91.7 Å². The summed E-state index contributed by atoms with van der Waals surface area (Å²) in [6.07, 6.45) is 0.747. The molecule has 208 valence electrons. The van der Waals surface area contributed by atoms with Crippen molar-refractivity contribution in [2.75, 3.05) is 51.5 Å². The van der Waals surface area contributed by atoms with Gasteiger partial charge in [-0.25, -0.2) is 9.37 Å². The normalized spacial score (nSPS) is 17.8. The third-order valence-corrected chi connectivity index (χ3v) is 6.91. The predicted molar refractivity (Wildman–Crippen MR) is 142 cm³/mol. The van der Waals surface area contributed by atoms with Crippen molar-refractivity contribution >= 4 is 40.0 Å². The van der Waals surface area contributed by atoms with Gasteiger partial charge in [-0.2, -0.15) is 13.2 Å². The number of piperidine rings is 1. The Morgan fingerprint density at radius 3 is 2.79 bits per heavy atom. The van der Waals surface area contributed by atoms with Crippen LogP contribution in [0.4, 0.5) is 28.9 Å². The van der Waals surface area contributed by atoms with Gasteiger partial charge in [-0.05, 0) is 49.3 Å². The predicted octanol–water partition coefficient (Wildman–Crippen LogP) is 4.73. The number of thioether (sulfide) groups is 1. The van der Waals surface area contributed by atoms with Gasteiger partial charge in [-0.15, -0.1) is 0 Å². The molecule has 3 heterocycles.